The van der Waals surface area contributed by atoms with Gasteiger partial charge in [-0.15, -0.1) is 0 Å². The number of ether oxygens (including phenoxy) is 2. The molecule has 1 N–H and O–H groups in total. The fraction of sp³-hybridized carbons (Fsp3) is 0.368. The second-order valence-corrected chi connectivity index (χ2v) is 5.38. The molecule has 118 valence electrons. The Labute approximate surface area is 132 Å². The molecule has 3 heteroatoms. The van der Waals surface area contributed by atoms with Gasteiger partial charge in [0, 0.05) is 5.92 Å². The van der Waals surface area contributed by atoms with Gasteiger partial charge in [0.2, 0.25) is 0 Å². The zero-order valence-electron chi connectivity index (χ0n) is 13.5. The zero-order valence-corrected chi connectivity index (χ0v) is 13.5. The van der Waals surface area contributed by atoms with E-state index in [0.717, 1.165) is 35.5 Å². The van der Waals surface area contributed by atoms with E-state index in [2.05, 4.69) is 6.92 Å². The Kier molecular flexibility index (Phi) is 5.84. The molecule has 1 atom stereocenters. The van der Waals surface area contributed by atoms with Crippen LogP contribution in [0.1, 0.15) is 36.8 Å². The van der Waals surface area contributed by atoms with Crippen molar-refractivity contribution in [1.82, 2.24) is 0 Å². The molecule has 0 fully saturated rings. The van der Waals surface area contributed by atoms with Gasteiger partial charge in [-0.2, -0.15) is 0 Å². The second kappa shape index (κ2) is 7.85. The topological polar surface area (TPSA) is 38.7 Å². The first-order valence-corrected chi connectivity index (χ1v) is 7.65. The minimum atomic E-state index is -0.410. The van der Waals surface area contributed by atoms with Gasteiger partial charge in [-0.05, 0) is 41.8 Å². The van der Waals surface area contributed by atoms with Gasteiger partial charge in [0.05, 0.1) is 20.3 Å². The third-order valence-corrected chi connectivity index (χ3v) is 3.92. The largest absolute Gasteiger partial charge is 0.497 e. The maximum absolute atomic E-state index is 10.6. The quantitative estimate of drug-likeness (QED) is 0.840. The number of hydrogen-bond acceptors (Lipinski definition) is 3. The minimum Gasteiger partial charge on any atom is -0.497 e. The molecule has 0 saturated heterocycles. The Morgan fingerprint density at radius 3 is 1.55 bits per heavy atom. The highest BCUT2D eigenvalue weighted by atomic mass is 16.5. The van der Waals surface area contributed by atoms with Gasteiger partial charge in [0.15, 0.2) is 0 Å². The van der Waals surface area contributed by atoms with Crippen LogP contribution in [0.3, 0.4) is 0 Å². The second-order valence-electron chi connectivity index (χ2n) is 5.38. The van der Waals surface area contributed by atoms with Gasteiger partial charge in [-0.1, -0.05) is 37.6 Å². The number of aliphatic hydroxyl groups excluding tert-OH is 1. The van der Waals surface area contributed by atoms with Gasteiger partial charge in [0.25, 0.3) is 0 Å². The maximum atomic E-state index is 10.6. The Balaban J connectivity index is 2.35. The first kappa shape index (κ1) is 16.4. The summed E-state index contributed by atoms with van der Waals surface area (Å²) < 4.78 is 10.4. The molecular formula is C19H24O3. The smallest absolute Gasteiger partial charge is 0.118 e. The van der Waals surface area contributed by atoms with E-state index in [1.807, 2.05) is 48.5 Å². The van der Waals surface area contributed by atoms with E-state index >= 15 is 0 Å². The lowest BCUT2D eigenvalue weighted by atomic mass is 9.85. The Morgan fingerprint density at radius 2 is 1.23 bits per heavy atom. The molecule has 1 unspecified atom stereocenters. The van der Waals surface area contributed by atoms with E-state index in [-0.39, 0.29) is 5.92 Å². The summed E-state index contributed by atoms with van der Waals surface area (Å²) in [4.78, 5) is 0. The van der Waals surface area contributed by atoms with Crippen LogP contribution in [-0.2, 0) is 0 Å². The molecule has 2 aromatic carbocycles. The molecule has 0 saturated carbocycles. The summed E-state index contributed by atoms with van der Waals surface area (Å²) in [6.07, 6.45) is 1.30. The van der Waals surface area contributed by atoms with Gasteiger partial charge in [-0.3, -0.25) is 0 Å². The van der Waals surface area contributed by atoms with Crippen molar-refractivity contribution in [3.05, 3.63) is 59.7 Å². The number of methoxy groups -OCH3 is 2. The third-order valence-electron chi connectivity index (χ3n) is 3.92. The van der Waals surface area contributed by atoms with Crippen LogP contribution >= 0.6 is 0 Å². The minimum absolute atomic E-state index is 0.0447. The molecule has 0 spiro atoms. The summed E-state index contributed by atoms with van der Waals surface area (Å²) in [5, 5.41) is 10.6. The molecule has 0 aliphatic rings. The summed E-state index contributed by atoms with van der Waals surface area (Å²) >= 11 is 0. The highest BCUT2D eigenvalue weighted by Crippen LogP contribution is 2.32. The van der Waals surface area contributed by atoms with Crippen molar-refractivity contribution in [3.63, 3.8) is 0 Å². The zero-order chi connectivity index (χ0) is 15.9. The van der Waals surface area contributed by atoms with Gasteiger partial charge in [-0.25, -0.2) is 0 Å². The van der Waals surface area contributed by atoms with E-state index in [1.165, 1.54) is 0 Å². The SMILES string of the molecule is CCCC(O)C(c1ccc(OC)cc1)c1ccc(OC)cc1. The molecule has 0 aliphatic heterocycles. The molecule has 0 heterocycles. The third kappa shape index (κ3) is 3.80. The molecule has 3 nitrogen and oxygen atoms in total. The van der Waals surface area contributed by atoms with E-state index in [4.69, 9.17) is 9.47 Å². The van der Waals surface area contributed by atoms with Crippen LogP contribution in [0.15, 0.2) is 48.5 Å². The van der Waals surface area contributed by atoms with Crippen molar-refractivity contribution in [2.24, 2.45) is 0 Å². The standard InChI is InChI=1S/C19H24O3/c1-4-5-18(20)19(14-6-10-16(21-2)11-7-14)15-8-12-17(22-3)13-9-15/h6-13,18-20H,4-5H2,1-3H3. The van der Waals surface area contributed by atoms with Gasteiger partial charge < -0.3 is 14.6 Å². The van der Waals surface area contributed by atoms with Crippen LogP contribution in [0.4, 0.5) is 0 Å². The molecule has 0 amide bonds. The average molecular weight is 300 g/mol. The lowest BCUT2D eigenvalue weighted by Gasteiger charge is -2.24. The highest BCUT2D eigenvalue weighted by Gasteiger charge is 2.22. The van der Waals surface area contributed by atoms with Crippen molar-refractivity contribution in [3.8, 4) is 11.5 Å². The summed E-state index contributed by atoms with van der Waals surface area (Å²) in [5.74, 6) is 1.60. The summed E-state index contributed by atoms with van der Waals surface area (Å²) in [7, 11) is 3.31. The molecule has 0 aliphatic carbocycles. The average Bonchev–Trinajstić information content (AvgIpc) is 2.56. The van der Waals surface area contributed by atoms with Crippen molar-refractivity contribution in [2.75, 3.05) is 14.2 Å². The Hall–Kier alpha value is -2.00. The molecule has 0 radical (unpaired) electrons. The van der Waals surface area contributed by atoms with Crippen molar-refractivity contribution in [2.45, 2.75) is 31.8 Å². The van der Waals surface area contributed by atoms with Gasteiger partial charge >= 0.3 is 0 Å². The Bertz CT molecular complexity index is 513. The fourth-order valence-corrected chi connectivity index (χ4v) is 2.72. The van der Waals surface area contributed by atoms with E-state index in [1.54, 1.807) is 14.2 Å². The lowest BCUT2D eigenvalue weighted by molar-refractivity contribution is 0.145. The predicted octanol–water partition coefficient (Wildman–Crippen LogP) is 4.00. The van der Waals surface area contributed by atoms with Crippen LogP contribution in [0.25, 0.3) is 0 Å². The van der Waals surface area contributed by atoms with Crippen molar-refractivity contribution in [1.29, 1.82) is 0 Å². The monoisotopic (exact) mass is 300 g/mol. The molecular weight excluding hydrogens is 276 g/mol. The first-order chi connectivity index (χ1) is 10.7. The maximum Gasteiger partial charge on any atom is 0.118 e. The van der Waals surface area contributed by atoms with Crippen molar-refractivity contribution >= 4 is 0 Å². The van der Waals surface area contributed by atoms with Crippen LogP contribution in [0.5, 0.6) is 11.5 Å². The van der Waals surface area contributed by atoms with Gasteiger partial charge in [0.1, 0.15) is 11.5 Å². The van der Waals surface area contributed by atoms with Crippen molar-refractivity contribution < 1.29 is 14.6 Å². The fourth-order valence-electron chi connectivity index (χ4n) is 2.72. The van der Waals surface area contributed by atoms with Crippen LogP contribution < -0.4 is 9.47 Å². The van der Waals surface area contributed by atoms with Crippen LogP contribution in [0, 0.1) is 0 Å². The Morgan fingerprint density at radius 1 is 0.818 bits per heavy atom. The predicted molar refractivity (Wildman–Crippen MR) is 88.7 cm³/mol. The van der Waals surface area contributed by atoms with E-state index < -0.39 is 6.10 Å². The lowest BCUT2D eigenvalue weighted by Crippen LogP contribution is -2.19. The summed E-state index contributed by atoms with van der Waals surface area (Å²) in [5.41, 5.74) is 2.18. The number of rotatable bonds is 7. The highest BCUT2D eigenvalue weighted by molar-refractivity contribution is 5.39. The molecule has 2 aromatic rings. The summed E-state index contributed by atoms with van der Waals surface area (Å²) in [6.45, 7) is 2.09. The first-order valence-electron chi connectivity index (χ1n) is 7.65. The number of hydrogen-bond donors (Lipinski definition) is 1. The number of aliphatic hydroxyl groups is 1. The van der Waals surface area contributed by atoms with Crippen LogP contribution in [-0.4, -0.2) is 25.4 Å². The normalized spacial score (nSPS) is 12.2. The molecule has 22 heavy (non-hydrogen) atoms. The summed E-state index contributed by atoms with van der Waals surface area (Å²) in [6, 6.07) is 15.8. The van der Waals surface area contributed by atoms with E-state index in [0.29, 0.717) is 0 Å². The molecule has 2 rings (SSSR count). The molecule has 0 bridgehead atoms. The van der Waals surface area contributed by atoms with Crippen LogP contribution in [0.2, 0.25) is 0 Å². The molecule has 0 aromatic heterocycles. The number of benzene rings is 2. The van der Waals surface area contributed by atoms with E-state index in [9.17, 15) is 5.11 Å².